The van der Waals surface area contributed by atoms with Gasteiger partial charge in [-0.2, -0.15) is 0 Å². The lowest BCUT2D eigenvalue weighted by Gasteiger charge is -2.06. The molecule has 2 aromatic rings. The summed E-state index contributed by atoms with van der Waals surface area (Å²) in [5.74, 6) is -0.0207. The highest BCUT2D eigenvalue weighted by Crippen LogP contribution is 2.21. The third-order valence-electron chi connectivity index (χ3n) is 2.44. The predicted molar refractivity (Wildman–Crippen MR) is 74.4 cm³/mol. The zero-order valence-electron chi connectivity index (χ0n) is 9.37. The maximum absolute atomic E-state index is 11.9. The van der Waals surface area contributed by atoms with Crippen LogP contribution in [0.2, 0.25) is 0 Å². The van der Waals surface area contributed by atoms with Crippen molar-refractivity contribution in [1.29, 1.82) is 0 Å². The molecule has 4 heteroatoms. The summed E-state index contributed by atoms with van der Waals surface area (Å²) in [4.78, 5) is 13.1. The molecule has 0 saturated heterocycles. The predicted octanol–water partition coefficient (Wildman–Crippen LogP) is 3.75. The number of hydrogen-bond acceptors (Lipinski definition) is 2. The second-order valence-corrected chi connectivity index (χ2v) is 6.25. The number of nitrogens with one attached hydrogen (secondary N) is 1. The number of rotatable bonds is 3. The number of carbonyl (C=O) groups excluding carboxylic acids is 1. The molecule has 0 aliphatic carbocycles. The second-order valence-electron chi connectivity index (χ2n) is 3.70. The van der Waals surface area contributed by atoms with Crippen LogP contribution in [0.3, 0.4) is 0 Å². The summed E-state index contributed by atoms with van der Waals surface area (Å²) in [5.41, 5.74) is 1.74. The topological polar surface area (TPSA) is 29.1 Å². The van der Waals surface area contributed by atoms with Crippen LogP contribution in [0.1, 0.15) is 20.8 Å². The quantitative estimate of drug-likeness (QED) is 0.919. The van der Waals surface area contributed by atoms with Gasteiger partial charge in [-0.25, -0.2) is 0 Å². The first-order valence-electron chi connectivity index (χ1n) is 5.25. The highest BCUT2D eigenvalue weighted by atomic mass is 79.9. The van der Waals surface area contributed by atoms with Gasteiger partial charge in [0.05, 0.1) is 10.3 Å². The first-order chi connectivity index (χ1) is 8.16. The first-order valence-corrected chi connectivity index (χ1v) is 6.86. The third kappa shape index (κ3) is 3.17. The van der Waals surface area contributed by atoms with Gasteiger partial charge in [-0.15, -0.1) is 11.3 Å². The average Bonchev–Trinajstić information content (AvgIpc) is 2.73. The summed E-state index contributed by atoms with van der Waals surface area (Å²) in [6, 6.07) is 11.6. The Bertz CT molecular complexity index is 536. The number of hydrogen-bond donors (Lipinski definition) is 1. The van der Waals surface area contributed by atoms with E-state index in [1.807, 2.05) is 43.3 Å². The molecule has 2 rings (SSSR count). The van der Waals surface area contributed by atoms with Crippen LogP contribution in [0.15, 0.2) is 40.2 Å². The molecule has 0 bridgehead atoms. The molecule has 17 heavy (non-hydrogen) atoms. The molecule has 0 atom stereocenters. The molecule has 0 unspecified atom stereocenters. The Labute approximate surface area is 113 Å². The van der Waals surface area contributed by atoms with Gasteiger partial charge in [0.2, 0.25) is 0 Å². The van der Waals surface area contributed by atoms with Crippen molar-refractivity contribution in [1.82, 2.24) is 5.32 Å². The number of halogens is 1. The maximum Gasteiger partial charge on any atom is 0.251 e. The second kappa shape index (κ2) is 5.47. The van der Waals surface area contributed by atoms with E-state index >= 15 is 0 Å². The Morgan fingerprint density at radius 3 is 2.71 bits per heavy atom. The summed E-state index contributed by atoms with van der Waals surface area (Å²) in [6.07, 6.45) is 0. The van der Waals surface area contributed by atoms with Crippen molar-refractivity contribution < 1.29 is 4.79 Å². The lowest BCUT2D eigenvalue weighted by Crippen LogP contribution is -2.23. The summed E-state index contributed by atoms with van der Waals surface area (Å²) in [5, 5.41) is 2.92. The van der Waals surface area contributed by atoms with E-state index in [1.165, 1.54) is 0 Å². The Hall–Kier alpha value is -1.13. The van der Waals surface area contributed by atoms with Crippen molar-refractivity contribution >= 4 is 33.2 Å². The largest absolute Gasteiger partial charge is 0.347 e. The van der Waals surface area contributed by atoms with Gasteiger partial charge in [0.25, 0.3) is 5.91 Å². The van der Waals surface area contributed by atoms with Crippen molar-refractivity contribution in [3.63, 3.8) is 0 Å². The van der Waals surface area contributed by atoms with E-state index in [4.69, 9.17) is 0 Å². The Balaban J connectivity index is 2.01. The fourth-order valence-electron chi connectivity index (χ4n) is 1.54. The van der Waals surface area contributed by atoms with Gasteiger partial charge in [0.1, 0.15) is 0 Å². The molecule has 1 heterocycles. The monoisotopic (exact) mass is 309 g/mol. The van der Waals surface area contributed by atoms with E-state index in [1.54, 1.807) is 11.3 Å². The molecule has 0 radical (unpaired) electrons. The van der Waals surface area contributed by atoms with Crippen LogP contribution in [-0.2, 0) is 6.54 Å². The maximum atomic E-state index is 11.9. The lowest BCUT2D eigenvalue weighted by molar-refractivity contribution is 0.0950. The van der Waals surface area contributed by atoms with Gasteiger partial charge in [0.15, 0.2) is 0 Å². The molecule has 88 valence electrons. The van der Waals surface area contributed by atoms with E-state index in [2.05, 4.69) is 21.2 Å². The smallest absolute Gasteiger partial charge is 0.251 e. The Morgan fingerprint density at radius 2 is 2.06 bits per heavy atom. The highest BCUT2D eigenvalue weighted by Gasteiger charge is 2.07. The number of benzene rings is 1. The van der Waals surface area contributed by atoms with Gasteiger partial charge >= 0.3 is 0 Å². The fraction of sp³-hybridized carbons (Fsp3) is 0.154. The lowest BCUT2D eigenvalue weighted by atomic mass is 10.1. The number of carbonyl (C=O) groups is 1. The van der Waals surface area contributed by atoms with Gasteiger partial charge < -0.3 is 5.32 Å². The van der Waals surface area contributed by atoms with Crippen molar-refractivity contribution in [2.24, 2.45) is 0 Å². The summed E-state index contributed by atoms with van der Waals surface area (Å²) in [6.45, 7) is 2.51. The molecule has 1 N–H and O–H groups in total. The Morgan fingerprint density at radius 1 is 1.29 bits per heavy atom. The molecule has 0 saturated carbocycles. The summed E-state index contributed by atoms with van der Waals surface area (Å²) >= 11 is 5.03. The van der Waals surface area contributed by atoms with Crippen LogP contribution in [-0.4, -0.2) is 5.91 Å². The van der Waals surface area contributed by atoms with Crippen molar-refractivity contribution in [2.45, 2.75) is 13.5 Å². The third-order valence-corrected chi connectivity index (χ3v) is 4.07. The molecule has 0 fully saturated rings. The molecule has 1 aromatic carbocycles. The number of thiophene rings is 1. The van der Waals surface area contributed by atoms with Crippen molar-refractivity contribution in [3.8, 4) is 0 Å². The molecule has 1 amide bonds. The van der Waals surface area contributed by atoms with E-state index in [9.17, 15) is 4.79 Å². The van der Waals surface area contributed by atoms with Gasteiger partial charge in [-0.05, 0) is 46.6 Å². The van der Waals surface area contributed by atoms with Crippen molar-refractivity contribution in [3.05, 3.63) is 56.2 Å². The molecule has 0 aliphatic rings. The molecule has 1 aromatic heterocycles. The molecule has 0 aliphatic heterocycles. The van der Waals surface area contributed by atoms with Crippen LogP contribution in [0, 0.1) is 6.92 Å². The summed E-state index contributed by atoms with van der Waals surface area (Å²) < 4.78 is 1.08. The minimum Gasteiger partial charge on any atom is -0.347 e. The first kappa shape index (κ1) is 12.3. The van der Waals surface area contributed by atoms with E-state index in [0.717, 1.165) is 19.8 Å². The van der Waals surface area contributed by atoms with E-state index in [0.29, 0.717) is 6.54 Å². The zero-order chi connectivity index (χ0) is 12.3. The van der Waals surface area contributed by atoms with Crippen LogP contribution in [0.4, 0.5) is 0 Å². The van der Waals surface area contributed by atoms with Crippen molar-refractivity contribution in [2.75, 3.05) is 0 Å². The van der Waals surface area contributed by atoms with Crippen LogP contribution < -0.4 is 5.32 Å². The fourth-order valence-corrected chi connectivity index (χ4v) is 2.96. The number of aryl methyl sites for hydroxylation is 1. The van der Waals surface area contributed by atoms with Gasteiger partial charge in [0, 0.05) is 10.4 Å². The van der Waals surface area contributed by atoms with Crippen LogP contribution in [0.25, 0.3) is 0 Å². The molecule has 2 nitrogen and oxygen atoms in total. The minimum atomic E-state index is -0.0207. The minimum absolute atomic E-state index is 0.0207. The molecular formula is C13H12BrNOS. The summed E-state index contributed by atoms with van der Waals surface area (Å²) in [7, 11) is 0. The highest BCUT2D eigenvalue weighted by molar-refractivity contribution is 9.11. The van der Waals surface area contributed by atoms with Gasteiger partial charge in [-0.1, -0.05) is 18.2 Å². The SMILES string of the molecule is Cc1ccccc1C(=O)NCc1ccc(Br)s1. The van der Waals surface area contributed by atoms with Gasteiger partial charge in [-0.3, -0.25) is 4.79 Å². The molecular weight excluding hydrogens is 298 g/mol. The van der Waals surface area contributed by atoms with Crippen LogP contribution >= 0.6 is 27.3 Å². The van der Waals surface area contributed by atoms with E-state index < -0.39 is 0 Å². The Kier molecular flexibility index (Phi) is 3.97. The number of amides is 1. The standard InChI is InChI=1S/C13H12BrNOS/c1-9-4-2-3-5-11(9)13(16)15-8-10-6-7-12(14)17-10/h2-7H,8H2,1H3,(H,15,16). The normalized spacial score (nSPS) is 10.2. The van der Waals surface area contributed by atoms with E-state index in [-0.39, 0.29) is 5.91 Å². The van der Waals surface area contributed by atoms with Crippen LogP contribution in [0.5, 0.6) is 0 Å². The zero-order valence-corrected chi connectivity index (χ0v) is 11.8. The average molecular weight is 310 g/mol. The molecule has 0 spiro atoms.